The number of rotatable bonds is 3. The summed E-state index contributed by atoms with van der Waals surface area (Å²) in [6.07, 6.45) is 4.52. The zero-order chi connectivity index (χ0) is 18.4. The molecule has 1 aromatic carbocycles. The Kier molecular flexibility index (Phi) is 3.61. The molecule has 0 saturated heterocycles. The van der Waals surface area contributed by atoms with Gasteiger partial charge in [-0.15, -0.1) is 0 Å². The van der Waals surface area contributed by atoms with Crippen molar-refractivity contribution in [1.82, 2.24) is 24.6 Å². The van der Waals surface area contributed by atoms with Gasteiger partial charge in [-0.05, 0) is 35.9 Å². The number of pyridine rings is 1. The van der Waals surface area contributed by atoms with E-state index in [2.05, 4.69) is 15.1 Å². The summed E-state index contributed by atoms with van der Waals surface area (Å²) in [5, 5.41) is 22.9. The van der Waals surface area contributed by atoms with Gasteiger partial charge in [-0.2, -0.15) is 10.2 Å². The number of hydrazone groups is 1. The zero-order valence-corrected chi connectivity index (χ0v) is 14.8. The first-order valence-electron chi connectivity index (χ1n) is 8.81. The van der Waals surface area contributed by atoms with Crippen LogP contribution in [0.5, 0.6) is 0 Å². The molecule has 134 valence electrons. The SMILES string of the molecule is CN1CC(c2ccc3ncc([C@@H](O)c4ccc5ncccc5c4)n3n2)C=N1. The molecule has 7 nitrogen and oxygen atoms in total. The van der Waals surface area contributed by atoms with Gasteiger partial charge in [-0.25, -0.2) is 9.50 Å². The highest BCUT2D eigenvalue weighted by atomic mass is 16.3. The van der Waals surface area contributed by atoms with Crippen molar-refractivity contribution in [1.29, 1.82) is 0 Å². The van der Waals surface area contributed by atoms with Crippen molar-refractivity contribution in [3.05, 3.63) is 71.8 Å². The monoisotopic (exact) mass is 358 g/mol. The molecule has 5 rings (SSSR count). The highest BCUT2D eigenvalue weighted by Gasteiger charge is 2.21. The lowest BCUT2D eigenvalue weighted by atomic mass is 10.0. The zero-order valence-electron chi connectivity index (χ0n) is 14.8. The third-order valence-corrected chi connectivity index (χ3v) is 4.92. The molecule has 2 atom stereocenters. The number of hydrogen-bond donors (Lipinski definition) is 1. The van der Waals surface area contributed by atoms with Gasteiger partial charge in [0.15, 0.2) is 5.65 Å². The summed E-state index contributed by atoms with van der Waals surface area (Å²) < 4.78 is 1.72. The van der Waals surface area contributed by atoms with E-state index < -0.39 is 6.10 Å². The van der Waals surface area contributed by atoms with Gasteiger partial charge in [0, 0.05) is 31.4 Å². The Morgan fingerprint density at radius 3 is 2.93 bits per heavy atom. The van der Waals surface area contributed by atoms with Crippen molar-refractivity contribution in [2.75, 3.05) is 13.6 Å². The third kappa shape index (κ3) is 2.72. The Morgan fingerprint density at radius 2 is 2.07 bits per heavy atom. The number of imidazole rings is 1. The van der Waals surface area contributed by atoms with Crippen molar-refractivity contribution in [3.63, 3.8) is 0 Å². The molecule has 4 aromatic rings. The van der Waals surface area contributed by atoms with Crippen LogP contribution in [0.2, 0.25) is 0 Å². The van der Waals surface area contributed by atoms with Gasteiger partial charge in [0.1, 0.15) is 6.10 Å². The molecule has 0 spiro atoms. The number of aromatic nitrogens is 4. The minimum atomic E-state index is -0.827. The molecular weight excluding hydrogens is 340 g/mol. The number of hydrogen-bond acceptors (Lipinski definition) is 6. The second-order valence-corrected chi connectivity index (χ2v) is 6.78. The standard InChI is InChI=1S/C20H18N6O/c1-25-12-15(10-23-25)17-6-7-19-22-11-18(26(19)24-17)20(27)14-4-5-16-13(9-14)3-2-8-21-16/h2-11,15,20,27H,12H2,1H3/t15?,20-/m0/s1. The van der Waals surface area contributed by atoms with Crippen LogP contribution >= 0.6 is 0 Å². The second kappa shape index (κ2) is 6.14. The molecule has 4 heterocycles. The predicted molar refractivity (Wildman–Crippen MR) is 103 cm³/mol. The van der Waals surface area contributed by atoms with E-state index in [-0.39, 0.29) is 5.92 Å². The van der Waals surface area contributed by atoms with Crippen LogP contribution in [0.1, 0.15) is 29.0 Å². The molecule has 27 heavy (non-hydrogen) atoms. The summed E-state index contributed by atoms with van der Waals surface area (Å²) in [4.78, 5) is 8.72. The van der Waals surface area contributed by atoms with E-state index >= 15 is 0 Å². The minimum Gasteiger partial charge on any atom is -0.382 e. The lowest BCUT2D eigenvalue weighted by Crippen LogP contribution is -2.15. The topological polar surface area (TPSA) is 78.9 Å². The van der Waals surface area contributed by atoms with Gasteiger partial charge in [0.25, 0.3) is 0 Å². The Balaban J connectivity index is 1.55. The fraction of sp³-hybridized carbons (Fsp3) is 0.200. The van der Waals surface area contributed by atoms with Crippen LogP contribution in [0, 0.1) is 0 Å². The molecular formula is C20H18N6O. The van der Waals surface area contributed by atoms with E-state index in [1.165, 1.54) is 0 Å². The fourth-order valence-electron chi connectivity index (χ4n) is 3.47. The number of aliphatic hydroxyl groups excluding tert-OH is 1. The molecule has 1 N–H and O–H groups in total. The van der Waals surface area contributed by atoms with Crippen LogP contribution in [0.25, 0.3) is 16.6 Å². The third-order valence-electron chi connectivity index (χ3n) is 4.92. The van der Waals surface area contributed by atoms with Gasteiger partial charge in [0.2, 0.25) is 0 Å². The lowest BCUT2D eigenvalue weighted by molar-refractivity contribution is 0.213. The normalized spacial score (nSPS) is 17.9. The summed E-state index contributed by atoms with van der Waals surface area (Å²) in [5.74, 6) is 0.138. The van der Waals surface area contributed by atoms with Crippen molar-refractivity contribution in [2.45, 2.75) is 12.0 Å². The molecule has 0 aliphatic carbocycles. The maximum atomic E-state index is 11.0. The summed E-state index contributed by atoms with van der Waals surface area (Å²) in [6.45, 7) is 0.794. The van der Waals surface area contributed by atoms with Crippen molar-refractivity contribution in [3.8, 4) is 0 Å². The highest BCUT2D eigenvalue weighted by molar-refractivity contribution is 5.79. The Bertz CT molecular complexity index is 1170. The van der Waals surface area contributed by atoms with Crippen LogP contribution in [0.4, 0.5) is 0 Å². The second-order valence-electron chi connectivity index (χ2n) is 6.78. The fourth-order valence-corrected chi connectivity index (χ4v) is 3.47. The number of fused-ring (bicyclic) bond motifs is 2. The van der Waals surface area contributed by atoms with Crippen LogP contribution < -0.4 is 0 Å². The molecule has 1 aliphatic heterocycles. The first-order valence-corrected chi connectivity index (χ1v) is 8.81. The smallest absolute Gasteiger partial charge is 0.153 e. The van der Waals surface area contributed by atoms with Crippen LogP contribution in [0.15, 0.2) is 60.0 Å². The van der Waals surface area contributed by atoms with Crippen molar-refractivity contribution < 1.29 is 5.11 Å². The highest BCUT2D eigenvalue weighted by Crippen LogP contribution is 2.26. The van der Waals surface area contributed by atoms with Gasteiger partial charge < -0.3 is 5.11 Å². The van der Waals surface area contributed by atoms with E-state index in [9.17, 15) is 5.11 Å². The van der Waals surface area contributed by atoms with Crippen LogP contribution in [-0.4, -0.2) is 49.5 Å². The molecule has 0 radical (unpaired) electrons. The molecule has 1 unspecified atom stereocenters. The van der Waals surface area contributed by atoms with E-state index in [0.29, 0.717) is 11.3 Å². The molecule has 3 aromatic heterocycles. The molecule has 1 aliphatic rings. The van der Waals surface area contributed by atoms with Gasteiger partial charge in [-0.1, -0.05) is 12.1 Å². The maximum Gasteiger partial charge on any atom is 0.153 e. The number of likely N-dealkylation sites (N-methyl/N-ethyl adjacent to an activating group) is 1. The van der Waals surface area contributed by atoms with Gasteiger partial charge in [0.05, 0.1) is 29.0 Å². The van der Waals surface area contributed by atoms with Crippen molar-refractivity contribution >= 4 is 22.8 Å². The van der Waals surface area contributed by atoms with Crippen LogP contribution in [0.3, 0.4) is 0 Å². The maximum absolute atomic E-state index is 11.0. The number of benzene rings is 1. The summed E-state index contributed by atoms with van der Waals surface area (Å²) in [5.41, 5.74) is 3.94. The first-order chi connectivity index (χ1) is 13.2. The van der Waals surface area contributed by atoms with Crippen LogP contribution in [-0.2, 0) is 0 Å². The average molecular weight is 358 g/mol. The number of nitrogens with zero attached hydrogens (tertiary/aromatic N) is 6. The quantitative estimate of drug-likeness (QED) is 0.608. The van der Waals surface area contributed by atoms with Crippen molar-refractivity contribution in [2.24, 2.45) is 5.10 Å². The molecule has 0 fully saturated rings. The largest absolute Gasteiger partial charge is 0.382 e. The summed E-state index contributed by atoms with van der Waals surface area (Å²) in [7, 11) is 1.94. The van der Waals surface area contributed by atoms with E-state index in [0.717, 1.165) is 28.7 Å². The van der Waals surface area contributed by atoms with Gasteiger partial charge in [-0.3, -0.25) is 9.99 Å². The summed E-state index contributed by atoms with van der Waals surface area (Å²) in [6, 6.07) is 13.5. The molecule has 0 amide bonds. The minimum absolute atomic E-state index is 0.138. The lowest BCUT2D eigenvalue weighted by Gasteiger charge is -2.13. The Morgan fingerprint density at radius 1 is 1.15 bits per heavy atom. The molecule has 7 heteroatoms. The predicted octanol–water partition coefficient (Wildman–Crippen LogP) is 2.37. The summed E-state index contributed by atoms with van der Waals surface area (Å²) >= 11 is 0. The van der Waals surface area contributed by atoms with E-state index in [4.69, 9.17) is 5.10 Å². The molecule has 0 saturated carbocycles. The van der Waals surface area contributed by atoms with Gasteiger partial charge >= 0.3 is 0 Å². The van der Waals surface area contributed by atoms with E-state index in [1.807, 2.05) is 60.7 Å². The Hall–Kier alpha value is -3.32. The number of aliphatic hydroxyl groups is 1. The Labute approximate surface area is 155 Å². The molecule has 0 bridgehead atoms. The van der Waals surface area contributed by atoms with E-state index in [1.54, 1.807) is 16.9 Å². The average Bonchev–Trinajstić information content (AvgIpc) is 3.32. The first kappa shape index (κ1) is 15.9.